The molecule has 0 aliphatic carbocycles. The van der Waals surface area contributed by atoms with Crippen molar-refractivity contribution in [2.45, 2.75) is 25.9 Å². The van der Waals surface area contributed by atoms with Crippen LogP contribution in [0.4, 0.5) is 10.1 Å². The summed E-state index contributed by atoms with van der Waals surface area (Å²) in [6.07, 6.45) is 1.14. The van der Waals surface area contributed by atoms with Crippen molar-refractivity contribution in [3.8, 4) is 0 Å². The van der Waals surface area contributed by atoms with E-state index in [0.29, 0.717) is 10.6 Å². The quantitative estimate of drug-likeness (QED) is 0.418. The maximum atomic E-state index is 14.6. The molecule has 196 valence electrons. The van der Waals surface area contributed by atoms with Gasteiger partial charge in [-0.3, -0.25) is 13.9 Å². The highest BCUT2D eigenvalue weighted by atomic mass is 35.5. The first-order valence-corrected chi connectivity index (χ1v) is 13.8. The molecule has 0 fully saturated rings. The summed E-state index contributed by atoms with van der Waals surface area (Å²) in [6.45, 7) is 0.819. The number of sulfonamides is 1. The normalized spacial score (nSPS) is 12.0. The van der Waals surface area contributed by atoms with Crippen LogP contribution in [0.5, 0.6) is 0 Å². The molecule has 0 spiro atoms. The molecule has 3 rings (SSSR count). The maximum absolute atomic E-state index is 14.6. The van der Waals surface area contributed by atoms with Gasteiger partial charge in [0.1, 0.15) is 18.4 Å². The molecule has 10 heteroatoms. The van der Waals surface area contributed by atoms with Crippen LogP contribution in [0.15, 0.2) is 72.8 Å². The average molecular weight is 546 g/mol. The van der Waals surface area contributed by atoms with Crippen LogP contribution < -0.4 is 9.62 Å². The number of benzene rings is 3. The van der Waals surface area contributed by atoms with E-state index in [4.69, 9.17) is 11.6 Å². The van der Waals surface area contributed by atoms with E-state index >= 15 is 0 Å². The molecular formula is C27H29ClFN3O4S. The maximum Gasteiger partial charge on any atom is 0.244 e. The van der Waals surface area contributed by atoms with Gasteiger partial charge < -0.3 is 10.2 Å². The Kier molecular flexibility index (Phi) is 9.29. The lowest BCUT2D eigenvalue weighted by Crippen LogP contribution is -2.53. The van der Waals surface area contributed by atoms with E-state index in [1.54, 1.807) is 31.2 Å². The van der Waals surface area contributed by atoms with Crippen molar-refractivity contribution in [1.82, 2.24) is 10.2 Å². The Bertz CT molecular complexity index is 1370. The summed E-state index contributed by atoms with van der Waals surface area (Å²) in [5, 5.41) is 2.92. The molecule has 37 heavy (non-hydrogen) atoms. The number of amides is 2. The number of hydrogen-bond acceptors (Lipinski definition) is 4. The number of carbonyl (C=O) groups excluding carboxylic acids is 2. The third-order valence-electron chi connectivity index (χ3n) is 6.00. The predicted molar refractivity (Wildman–Crippen MR) is 143 cm³/mol. The molecule has 0 radical (unpaired) electrons. The molecule has 0 aliphatic rings. The Hall–Kier alpha value is -3.43. The largest absolute Gasteiger partial charge is 0.357 e. The van der Waals surface area contributed by atoms with Gasteiger partial charge in [0.05, 0.1) is 11.9 Å². The second-order valence-corrected chi connectivity index (χ2v) is 10.9. The van der Waals surface area contributed by atoms with Crippen molar-refractivity contribution < 1.29 is 22.4 Å². The molecule has 0 bridgehead atoms. The van der Waals surface area contributed by atoms with Crippen molar-refractivity contribution in [2.24, 2.45) is 0 Å². The Morgan fingerprint density at radius 2 is 1.65 bits per heavy atom. The van der Waals surface area contributed by atoms with E-state index in [1.807, 2.05) is 30.3 Å². The Morgan fingerprint density at radius 1 is 1.00 bits per heavy atom. The molecule has 3 aromatic carbocycles. The molecule has 3 aromatic rings. The van der Waals surface area contributed by atoms with Gasteiger partial charge >= 0.3 is 0 Å². The zero-order chi connectivity index (χ0) is 27.2. The fraction of sp³-hybridized carbons (Fsp3) is 0.259. The van der Waals surface area contributed by atoms with Crippen LogP contribution in [0.3, 0.4) is 0 Å². The molecule has 0 unspecified atom stereocenters. The molecule has 0 saturated carbocycles. The highest BCUT2D eigenvalue weighted by Crippen LogP contribution is 2.28. The van der Waals surface area contributed by atoms with Crippen LogP contribution in [0.25, 0.3) is 0 Å². The van der Waals surface area contributed by atoms with Crippen molar-refractivity contribution >= 4 is 39.1 Å². The van der Waals surface area contributed by atoms with Gasteiger partial charge in [-0.25, -0.2) is 12.8 Å². The fourth-order valence-corrected chi connectivity index (χ4v) is 5.06. The van der Waals surface area contributed by atoms with Crippen LogP contribution in [-0.2, 0) is 32.6 Å². The highest BCUT2D eigenvalue weighted by Gasteiger charge is 2.33. The number of nitrogens with one attached hydrogen (secondary N) is 1. The third kappa shape index (κ3) is 7.08. The van der Waals surface area contributed by atoms with E-state index in [-0.39, 0.29) is 24.2 Å². The molecule has 1 atom stereocenters. The number of anilines is 1. The average Bonchev–Trinajstić information content (AvgIpc) is 2.87. The second kappa shape index (κ2) is 12.2. The standard InChI is InChI=1S/C27H29ClFN3O4S/c1-19-22(28)13-9-15-24(19)32(37(3,35)36)18-26(33)31(17-21-12-7-8-14-23(21)29)25(27(34)30-2)16-20-10-5-4-6-11-20/h4-15,25H,16-18H2,1-3H3,(H,30,34)/t25-/m1/s1. The van der Waals surface area contributed by atoms with Gasteiger partial charge in [-0.2, -0.15) is 0 Å². The minimum atomic E-state index is -3.92. The Morgan fingerprint density at radius 3 is 2.27 bits per heavy atom. The minimum Gasteiger partial charge on any atom is -0.357 e. The molecule has 7 nitrogen and oxygen atoms in total. The first kappa shape index (κ1) is 28.1. The van der Waals surface area contributed by atoms with E-state index < -0.39 is 40.2 Å². The van der Waals surface area contributed by atoms with Crippen LogP contribution in [0.2, 0.25) is 5.02 Å². The fourth-order valence-electron chi connectivity index (χ4n) is 3.99. The lowest BCUT2D eigenvalue weighted by molar-refractivity contribution is -0.139. The summed E-state index contributed by atoms with van der Waals surface area (Å²) in [7, 11) is -2.48. The topological polar surface area (TPSA) is 86.8 Å². The summed E-state index contributed by atoms with van der Waals surface area (Å²) in [4.78, 5) is 28.1. The van der Waals surface area contributed by atoms with Gasteiger partial charge in [0.25, 0.3) is 0 Å². The summed E-state index contributed by atoms with van der Waals surface area (Å²) in [6, 6.07) is 18.8. The first-order chi connectivity index (χ1) is 17.5. The number of rotatable bonds is 10. The van der Waals surface area contributed by atoms with Crippen LogP contribution in [0.1, 0.15) is 16.7 Å². The summed E-state index contributed by atoms with van der Waals surface area (Å²) in [5.41, 5.74) is 1.71. The lowest BCUT2D eigenvalue weighted by atomic mass is 10.0. The predicted octanol–water partition coefficient (Wildman–Crippen LogP) is 3.94. The van der Waals surface area contributed by atoms with Gasteiger partial charge in [0.15, 0.2) is 0 Å². The zero-order valence-corrected chi connectivity index (χ0v) is 22.4. The lowest BCUT2D eigenvalue weighted by Gasteiger charge is -2.33. The number of hydrogen-bond donors (Lipinski definition) is 1. The number of carbonyl (C=O) groups is 2. The van der Waals surface area contributed by atoms with Gasteiger partial charge in [0.2, 0.25) is 21.8 Å². The second-order valence-electron chi connectivity index (χ2n) is 8.59. The highest BCUT2D eigenvalue weighted by molar-refractivity contribution is 7.92. The molecule has 0 aliphatic heterocycles. The Labute approximate surface area is 221 Å². The minimum absolute atomic E-state index is 0.149. The SMILES string of the molecule is CNC(=O)[C@@H](Cc1ccccc1)N(Cc1ccccc1F)C(=O)CN(c1cccc(Cl)c1C)S(C)(=O)=O. The number of nitrogens with zero attached hydrogens (tertiary/aromatic N) is 2. The zero-order valence-electron chi connectivity index (χ0n) is 20.8. The van der Waals surface area contributed by atoms with Gasteiger partial charge in [-0.15, -0.1) is 0 Å². The molecule has 0 heterocycles. The smallest absolute Gasteiger partial charge is 0.244 e. The van der Waals surface area contributed by atoms with E-state index in [1.165, 1.54) is 30.1 Å². The molecule has 1 N–H and O–H groups in total. The van der Waals surface area contributed by atoms with Gasteiger partial charge in [-0.05, 0) is 36.2 Å². The van der Waals surface area contributed by atoms with Crippen LogP contribution >= 0.6 is 11.6 Å². The third-order valence-corrected chi connectivity index (χ3v) is 7.54. The first-order valence-electron chi connectivity index (χ1n) is 11.5. The summed E-state index contributed by atoms with van der Waals surface area (Å²) < 4.78 is 41.2. The van der Waals surface area contributed by atoms with E-state index in [9.17, 15) is 22.4 Å². The van der Waals surface area contributed by atoms with Crippen molar-refractivity contribution in [1.29, 1.82) is 0 Å². The molecular weight excluding hydrogens is 517 g/mol. The van der Waals surface area contributed by atoms with Gasteiger partial charge in [0, 0.05) is 30.6 Å². The molecule has 0 saturated heterocycles. The number of halogens is 2. The summed E-state index contributed by atoms with van der Waals surface area (Å²) >= 11 is 6.22. The van der Waals surface area contributed by atoms with Crippen LogP contribution in [-0.4, -0.2) is 51.0 Å². The number of likely N-dealkylation sites (N-methyl/N-ethyl adjacent to an activating group) is 1. The molecule has 0 aromatic heterocycles. The molecule has 2 amide bonds. The summed E-state index contributed by atoms with van der Waals surface area (Å²) in [5.74, 6) is -1.67. The van der Waals surface area contributed by atoms with Crippen molar-refractivity contribution in [3.05, 3.63) is 100 Å². The van der Waals surface area contributed by atoms with Crippen molar-refractivity contribution in [2.75, 3.05) is 24.2 Å². The van der Waals surface area contributed by atoms with Crippen LogP contribution in [0, 0.1) is 12.7 Å². The monoisotopic (exact) mass is 545 g/mol. The van der Waals surface area contributed by atoms with Crippen molar-refractivity contribution in [3.63, 3.8) is 0 Å². The van der Waals surface area contributed by atoms with Gasteiger partial charge in [-0.1, -0.05) is 66.2 Å². The van der Waals surface area contributed by atoms with E-state index in [2.05, 4.69) is 5.32 Å². The van der Waals surface area contributed by atoms with E-state index in [0.717, 1.165) is 16.1 Å². The Balaban J connectivity index is 2.07.